The molecule has 7 nitrogen and oxygen atoms in total. The molecule has 0 fully saturated rings. The van der Waals surface area contributed by atoms with Gasteiger partial charge < -0.3 is 0 Å². The van der Waals surface area contributed by atoms with E-state index in [1.54, 1.807) is 0 Å². The number of hydrogen-bond donors (Lipinski definition) is 1. The zero-order valence-corrected chi connectivity index (χ0v) is 12.5. The Bertz CT molecular complexity index is 811. The Morgan fingerprint density at radius 2 is 1.90 bits per heavy atom. The fourth-order valence-electron chi connectivity index (χ4n) is 1.47. The topological polar surface area (TPSA) is 102 Å². The normalized spacial score (nSPS) is 11.1. The zero-order valence-electron chi connectivity index (χ0n) is 10.2. The van der Waals surface area contributed by atoms with E-state index in [0.717, 1.165) is 18.2 Å². The van der Waals surface area contributed by atoms with Crippen LogP contribution in [-0.4, -0.2) is 18.3 Å². The van der Waals surface area contributed by atoms with E-state index in [9.17, 15) is 18.5 Å². The minimum absolute atomic E-state index is 0.0231. The second-order valence-corrected chi connectivity index (χ2v) is 6.27. The van der Waals surface area contributed by atoms with E-state index < -0.39 is 19.8 Å². The summed E-state index contributed by atoms with van der Waals surface area (Å²) >= 11 is 11.5. The van der Waals surface area contributed by atoms with Crippen molar-refractivity contribution in [1.82, 2.24) is 4.98 Å². The van der Waals surface area contributed by atoms with Crippen molar-refractivity contribution in [2.45, 2.75) is 4.90 Å². The molecule has 1 aromatic carbocycles. The van der Waals surface area contributed by atoms with Crippen LogP contribution in [0.1, 0.15) is 0 Å². The summed E-state index contributed by atoms with van der Waals surface area (Å²) < 4.78 is 26.6. The Morgan fingerprint density at radius 3 is 2.52 bits per heavy atom. The molecule has 0 spiro atoms. The van der Waals surface area contributed by atoms with Crippen molar-refractivity contribution in [3.8, 4) is 0 Å². The van der Waals surface area contributed by atoms with Gasteiger partial charge in [0.25, 0.3) is 15.7 Å². The molecule has 0 saturated carbocycles. The lowest BCUT2D eigenvalue weighted by Crippen LogP contribution is -2.14. The Hall–Kier alpha value is -1.90. The molecule has 21 heavy (non-hydrogen) atoms. The van der Waals surface area contributed by atoms with Crippen molar-refractivity contribution in [3.63, 3.8) is 0 Å². The molecule has 0 bridgehead atoms. The van der Waals surface area contributed by atoms with Crippen LogP contribution in [0.4, 0.5) is 11.5 Å². The molecular weight excluding hydrogens is 341 g/mol. The van der Waals surface area contributed by atoms with Crippen LogP contribution in [0, 0.1) is 10.1 Å². The predicted octanol–water partition coefficient (Wildman–Crippen LogP) is 3.10. The summed E-state index contributed by atoms with van der Waals surface area (Å²) in [5.41, 5.74) is -0.390. The highest BCUT2D eigenvalue weighted by molar-refractivity contribution is 7.92. The monoisotopic (exact) mass is 347 g/mol. The molecule has 0 atom stereocenters. The number of nitro benzene ring substituents is 1. The number of hydrogen-bond acceptors (Lipinski definition) is 5. The molecule has 1 aromatic heterocycles. The van der Waals surface area contributed by atoms with E-state index in [1.165, 1.54) is 18.2 Å². The van der Waals surface area contributed by atoms with Crippen molar-refractivity contribution >= 4 is 44.7 Å². The molecule has 2 aromatic rings. The maximum Gasteiger partial charge on any atom is 0.270 e. The second kappa shape index (κ2) is 5.84. The molecule has 10 heteroatoms. The van der Waals surface area contributed by atoms with Crippen LogP contribution in [0.15, 0.2) is 41.3 Å². The second-order valence-electron chi connectivity index (χ2n) is 3.82. The number of rotatable bonds is 4. The van der Waals surface area contributed by atoms with Gasteiger partial charge in [-0.15, -0.1) is 0 Å². The highest BCUT2D eigenvalue weighted by atomic mass is 35.5. The van der Waals surface area contributed by atoms with Crippen molar-refractivity contribution in [2.24, 2.45) is 0 Å². The number of anilines is 1. The van der Waals surface area contributed by atoms with E-state index in [-0.39, 0.29) is 21.7 Å². The molecule has 1 heterocycles. The van der Waals surface area contributed by atoms with Gasteiger partial charge >= 0.3 is 0 Å². The van der Waals surface area contributed by atoms with Gasteiger partial charge in [0.05, 0.1) is 9.95 Å². The number of pyridine rings is 1. The molecule has 1 N–H and O–H groups in total. The van der Waals surface area contributed by atoms with E-state index in [4.69, 9.17) is 23.2 Å². The van der Waals surface area contributed by atoms with E-state index in [2.05, 4.69) is 9.71 Å². The van der Waals surface area contributed by atoms with E-state index in [1.807, 2.05) is 0 Å². The Labute approximate surface area is 129 Å². The first-order chi connectivity index (χ1) is 9.79. The lowest BCUT2D eigenvalue weighted by atomic mass is 10.3. The first kappa shape index (κ1) is 15.5. The van der Waals surface area contributed by atoms with Gasteiger partial charge in [-0.1, -0.05) is 29.3 Å². The number of nitro groups is 1. The fraction of sp³-hybridized carbons (Fsp3) is 0. The minimum atomic E-state index is -4.12. The van der Waals surface area contributed by atoms with Gasteiger partial charge in [0.2, 0.25) is 0 Å². The lowest BCUT2D eigenvalue weighted by Gasteiger charge is -2.08. The molecular formula is C11H7Cl2N3O4S. The van der Waals surface area contributed by atoms with Crippen LogP contribution >= 0.6 is 23.2 Å². The van der Waals surface area contributed by atoms with E-state index in [0.29, 0.717) is 0 Å². The number of non-ortho nitro benzene ring substituents is 1. The standard InChI is InChI=1S/C11H7Cl2N3O4S/c12-8-5-4-7(16(17)18)6-9(8)21(19,20)15-11-3-1-2-10(13)14-11/h1-6H,(H,14,15). The molecule has 0 saturated heterocycles. The maximum absolute atomic E-state index is 12.2. The summed E-state index contributed by atoms with van der Waals surface area (Å²) in [6, 6.07) is 7.48. The number of nitrogens with one attached hydrogen (secondary N) is 1. The van der Waals surface area contributed by atoms with Gasteiger partial charge in [-0.3, -0.25) is 14.8 Å². The zero-order chi connectivity index (χ0) is 15.6. The average molecular weight is 348 g/mol. The van der Waals surface area contributed by atoms with Gasteiger partial charge in [0.1, 0.15) is 15.9 Å². The number of sulfonamides is 1. The summed E-state index contributed by atoms with van der Waals surface area (Å²) in [5.74, 6) is -0.0231. The summed E-state index contributed by atoms with van der Waals surface area (Å²) in [6.45, 7) is 0. The molecule has 0 aliphatic heterocycles. The highest BCUT2D eigenvalue weighted by Gasteiger charge is 2.22. The third-order valence-electron chi connectivity index (χ3n) is 2.37. The minimum Gasteiger partial charge on any atom is -0.263 e. The van der Waals surface area contributed by atoms with Crippen LogP contribution in [0.3, 0.4) is 0 Å². The highest BCUT2D eigenvalue weighted by Crippen LogP contribution is 2.27. The first-order valence-electron chi connectivity index (χ1n) is 5.39. The van der Waals surface area contributed by atoms with Crippen LogP contribution < -0.4 is 4.72 Å². The summed E-state index contributed by atoms with van der Waals surface area (Å²) in [4.78, 5) is 13.3. The maximum atomic E-state index is 12.2. The molecule has 110 valence electrons. The fourth-order valence-corrected chi connectivity index (χ4v) is 3.15. The first-order valence-corrected chi connectivity index (χ1v) is 7.63. The Morgan fingerprint density at radius 1 is 1.19 bits per heavy atom. The van der Waals surface area contributed by atoms with Gasteiger partial charge in [0, 0.05) is 12.1 Å². The molecule has 0 aliphatic carbocycles. The van der Waals surface area contributed by atoms with Gasteiger partial charge in [0.15, 0.2) is 0 Å². The summed E-state index contributed by atoms with van der Waals surface area (Å²) in [6.07, 6.45) is 0. The third kappa shape index (κ3) is 3.60. The van der Waals surface area contributed by atoms with Crippen molar-refractivity contribution in [3.05, 3.63) is 56.7 Å². The van der Waals surface area contributed by atoms with Crippen LogP contribution in [0.25, 0.3) is 0 Å². The number of nitrogens with zero attached hydrogens (tertiary/aromatic N) is 2. The van der Waals surface area contributed by atoms with Gasteiger partial charge in [-0.05, 0) is 18.2 Å². The number of benzene rings is 1. The smallest absolute Gasteiger partial charge is 0.263 e. The number of halogens is 2. The third-order valence-corrected chi connectivity index (χ3v) is 4.42. The van der Waals surface area contributed by atoms with Crippen LogP contribution in [0.5, 0.6) is 0 Å². The quantitative estimate of drug-likeness (QED) is 0.520. The molecule has 0 amide bonds. The SMILES string of the molecule is O=[N+]([O-])c1ccc(Cl)c(S(=O)(=O)Nc2cccc(Cl)n2)c1. The summed E-state index contributed by atoms with van der Waals surface area (Å²) in [5, 5.41) is 10.7. The van der Waals surface area contributed by atoms with Crippen molar-refractivity contribution < 1.29 is 13.3 Å². The van der Waals surface area contributed by atoms with Crippen molar-refractivity contribution in [1.29, 1.82) is 0 Å². The average Bonchev–Trinajstić information content (AvgIpc) is 2.38. The number of aromatic nitrogens is 1. The summed E-state index contributed by atoms with van der Waals surface area (Å²) in [7, 11) is -4.12. The molecule has 0 unspecified atom stereocenters. The molecule has 2 rings (SSSR count). The van der Waals surface area contributed by atoms with Crippen LogP contribution in [0.2, 0.25) is 10.2 Å². The Balaban J connectivity index is 2.44. The van der Waals surface area contributed by atoms with Gasteiger partial charge in [-0.2, -0.15) is 0 Å². The van der Waals surface area contributed by atoms with Gasteiger partial charge in [-0.25, -0.2) is 13.4 Å². The van der Waals surface area contributed by atoms with Crippen molar-refractivity contribution in [2.75, 3.05) is 4.72 Å². The molecule has 0 aliphatic rings. The largest absolute Gasteiger partial charge is 0.270 e. The molecule has 0 radical (unpaired) electrons. The van der Waals surface area contributed by atoms with E-state index >= 15 is 0 Å². The predicted molar refractivity (Wildman–Crippen MR) is 78.2 cm³/mol. The van der Waals surface area contributed by atoms with Crippen LogP contribution in [-0.2, 0) is 10.0 Å². The Kier molecular flexibility index (Phi) is 4.31. The lowest BCUT2D eigenvalue weighted by molar-refractivity contribution is -0.385.